The molecule has 1 aromatic heterocycles. The number of fused-ring (bicyclic) bond motifs is 1. The van der Waals surface area contributed by atoms with Crippen LogP contribution in [0.2, 0.25) is 0 Å². The van der Waals surface area contributed by atoms with E-state index >= 15 is 0 Å². The normalized spacial score (nSPS) is 15.6. The van der Waals surface area contributed by atoms with Gasteiger partial charge in [0.1, 0.15) is 5.82 Å². The molecule has 1 atom stereocenters. The molecule has 1 aliphatic heterocycles. The van der Waals surface area contributed by atoms with E-state index in [4.69, 9.17) is 10.8 Å². The van der Waals surface area contributed by atoms with Crippen molar-refractivity contribution in [1.29, 1.82) is 0 Å². The van der Waals surface area contributed by atoms with E-state index in [0.29, 0.717) is 5.82 Å². The Morgan fingerprint density at radius 1 is 1.12 bits per heavy atom. The van der Waals surface area contributed by atoms with Gasteiger partial charge in [-0.3, -0.25) is 9.36 Å². The van der Waals surface area contributed by atoms with E-state index in [9.17, 15) is 4.79 Å². The summed E-state index contributed by atoms with van der Waals surface area (Å²) < 4.78 is 1.91. The number of aromatic nitrogens is 2. The number of imidazole rings is 1. The molecule has 4 rings (SSSR count). The third-order valence-corrected chi connectivity index (χ3v) is 5.78. The molecule has 3 aromatic rings. The highest BCUT2D eigenvalue weighted by Crippen LogP contribution is 2.40. The van der Waals surface area contributed by atoms with Gasteiger partial charge >= 0.3 is 0 Å². The second-order valence-corrected chi connectivity index (χ2v) is 7.49. The molecule has 0 aliphatic carbocycles. The summed E-state index contributed by atoms with van der Waals surface area (Å²) in [6.07, 6.45) is 1.94. The van der Waals surface area contributed by atoms with E-state index in [1.165, 1.54) is 11.9 Å². The highest BCUT2D eigenvalue weighted by molar-refractivity contribution is 8.18. The molecule has 2 heterocycles. The van der Waals surface area contributed by atoms with Gasteiger partial charge in [0.25, 0.3) is 0 Å². The Hall–Kier alpha value is -2.96. The topological polar surface area (TPSA) is 64.2 Å². The van der Waals surface area contributed by atoms with Gasteiger partial charge in [-0.15, -0.1) is 0 Å². The first-order valence-electron chi connectivity index (χ1n) is 8.18. The molecule has 2 aromatic carbocycles. The molecular weight excluding hydrogens is 344 g/mol. The molecule has 0 radical (unpaired) electrons. The van der Waals surface area contributed by atoms with Crippen LogP contribution in [0, 0.1) is 0 Å². The maximum absolute atomic E-state index is 11.8. The number of nitrogens with two attached hydrogens (primary N) is 1. The van der Waals surface area contributed by atoms with Crippen LogP contribution in [0.15, 0.2) is 77.4 Å². The van der Waals surface area contributed by atoms with Gasteiger partial charge in [0.15, 0.2) is 5.16 Å². The zero-order chi connectivity index (χ0) is 18.1. The minimum absolute atomic E-state index is 0.220. The van der Waals surface area contributed by atoms with E-state index in [1.807, 2.05) is 64.7 Å². The maximum atomic E-state index is 11.8. The lowest BCUT2D eigenvalue weighted by atomic mass is 10.2. The van der Waals surface area contributed by atoms with Crippen molar-refractivity contribution in [3.8, 4) is 11.3 Å². The first kappa shape index (κ1) is 16.5. The number of carbonyl (C=O) groups is 1. The summed E-state index contributed by atoms with van der Waals surface area (Å²) >= 11 is 0. The zero-order valence-corrected chi connectivity index (χ0v) is 15.1. The summed E-state index contributed by atoms with van der Waals surface area (Å²) in [5, 5.41) is 6.19. The Balaban J connectivity index is 1.84. The van der Waals surface area contributed by atoms with Crippen molar-refractivity contribution >= 4 is 27.6 Å². The predicted octanol–water partition coefficient (Wildman–Crippen LogP) is 3.52. The Labute approximate surface area is 154 Å². The van der Waals surface area contributed by atoms with Crippen molar-refractivity contribution < 1.29 is 4.79 Å². The van der Waals surface area contributed by atoms with Crippen molar-refractivity contribution in [1.82, 2.24) is 14.6 Å². The van der Waals surface area contributed by atoms with Crippen molar-refractivity contribution in [3.63, 3.8) is 0 Å². The molecule has 26 heavy (non-hydrogen) atoms. The number of rotatable bonds is 3. The molecule has 0 spiro atoms. The minimum Gasteiger partial charge on any atom is -0.278 e. The number of benzene rings is 2. The lowest BCUT2D eigenvalue weighted by molar-refractivity contribution is -0.126. The molecule has 0 fully saturated rings. The molecule has 1 aliphatic rings. The highest BCUT2D eigenvalue weighted by Gasteiger charge is 2.25. The quantitative estimate of drug-likeness (QED) is 0.336. The number of hydrogen-bond donors (Lipinski definition) is 1. The smallest absolute Gasteiger partial charge is 0.239 e. The lowest BCUT2D eigenvalue weighted by Gasteiger charge is -2.16. The van der Waals surface area contributed by atoms with Crippen LogP contribution in [0.3, 0.4) is 0 Å². The second kappa shape index (κ2) is 6.74. The second-order valence-electron chi connectivity index (χ2n) is 5.91. The fourth-order valence-corrected chi connectivity index (χ4v) is 4.52. The van der Waals surface area contributed by atoms with Crippen LogP contribution in [0.25, 0.3) is 17.1 Å². The van der Waals surface area contributed by atoms with E-state index in [2.05, 4.69) is 17.5 Å². The zero-order valence-electron chi connectivity index (χ0n) is 14.2. The molecule has 1 unspecified atom stereocenters. The van der Waals surface area contributed by atoms with Gasteiger partial charge in [0.2, 0.25) is 5.91 Å². The summed E-state index contributed by atoms with van der Waals surface area (Å²) in [6.45, 7) is 1.45. The van der Waals surface area contributed by atoms with Crippen molar-refractivity contribution in [2.45, 2.75) is 12.1 Å². The van der Waals surface area contributed by atoms with Gasteiger partial charge in [0, 0.05) is 24.1 Å². The van der Waals surface area contributed by atoms with E-state index in [-0.39, 0.29) is 16.4 Å². The summed E-state index contributed by atoms with van der Waals surface area (Å²) in [5.41, 5.74) is 3.00. The molecule has 0 bridgehead atoms. The number of hydrazine groups is 1. The number of carbonyl (C=O) groups excluding carboxylic acids is 1. The molecule has 0 saturated heterocycles. The lowest BCUT2D eigenvalue weighted by Crippen LogP contribution is -2.35. The number of hydrogen-bond acceptors (Lipinski definition) is 3. The van der Waals surface area contributed by atoms with Crippen LogP contribution in [-0.2, 0) is 4.79 Å². The van der Waals surface area contributed by atoms with Gasteiger partial charge in [0.05, 0.1) is 5.69 Å². The van der Waals surface area contributed by atoms with Gasteiger partial charge in [-0.25, -0.2) is 15.8 Å². The Kier molecular flexibility index (Phi) is 4.28. The van der Waals surface area contributed by atoms with Gasteiger partial charge < -0.3 is 0 Å². The fraction of sp³-hybridized carbons (Fsp3) is 0.0500. The van der Waals surface area contributed by atoms with Crippen LogP contribution >= 0.6 is 10.5 Å². The maximum Gasteiger partial charge on any atom is 0.239 e. The van der Waals surface area contributed by atoms with Gasteiger partial charge in [-0.1, -0.05) is 71.1 Å². The minimum atomic E-state index is -0.382. The Morgan fingerprint density at radius 3 is 2.42 bits per heavy atom. The molecule has 0 saturated carbocycles. The standard InChI is InChI=1S/C20H18N4OS/c1-15(25)24(21)19-14-26(13-16-8-4-2-5-9-16)20-22-18(12-23(19)20)17-10-6-3-7-11-17/h2-14H,21H2,1H3. The van der Waals surface area contributed by atoms with Crippen LogP contribution in [0.1, 0.15) is 12.5 Å². The summed E-state index contributed by atoms with van der Waals surface area (Å²) in [7, 11) is -0.382. The van der Waals surface area contributed by atoms with Gasteiger partial charge in [-0.2, -0.15) is 0 Å². The number of nitrogens with zero attached hydrogens (tertiary/aromatic N) is 3. The van der Waals surface area contributed by atoms with Crippen LogP contribution in [0.4, 0.5) is 0 Å². The third kappa shape index (κ3) is 3.00. The summed E-state index contributed by atoms with van der Waals surface area (Å²) in [6, 6.07) is 20.1. The van der Waals surface area contributed by atoms with Gasteiger partial charge in [-0.05, 0) is 10.9 Å². The third-order valence-electron chi connectivity index (χ3n) is 4.08. The Morgan fingerprint density at radius 2 is 1.77 bits per heavy atom. The van der Waals surface area contributed by atoms with E-state index < -0.39 is 0 Å². The SMILES string of the molecule is CC(=O)N(N)C1=C/S(=C\c2ccccc2)c2nc(-c3ccccc3)cn21. The van der Waals surface area contributed by atoms with Crippen molar-refractivity contribution in [2.24, 2.45) is 5.84 Å². The summed E-state index contributed by atoms with van der Waals surface area (Å²) in [4.78, 5) is 16.6. The largest absolute Gasteiger partial charge is 0.278 e. The van der Waals surface area contributed by atoms with E-state index in [1.54, 1.807) is 0 Å². The molecule has 6 heteroatoms. The van der Waals surface area contributed by atoms with Crippen LogP contribution in [-0.4, -0.2) is 25.8 Å². The van der Waals surface area contributed by atoms with Crippen LogP contribution in [0.5, 0.6) is 0 Å². The fourth-order valence-electron chi connectivity index (χ4n) is 2.76. The molecular formula is C20H18N4OS. The molecule has 130 valence electrons. The molecule has 1 amide bonds. The average Bonchev–Trinajstić information content (AvgIpc) is 3.23. The Bertz CT molecular complexity index is 1020. The average molecular weight is 362 g/mol. The number of amides is 1. The predicted molar refractivity (Wildman–Crippen MR) is 106 cm³/mol. The van der Waals surface area contributed by atoms with Crippen LogP contribution < -0.4 is 5.84 Å². The monoisotopic (exact) mass is 362 g/mol. The van der Waals surface area contributed by atoms with Crippen molar-refractivity contribution in [3.05, 3.63) is 77.8 Å². The van der Waals surface area contributed by atoms with E-state index in [0.717, 1.165) is 22.0 Å². The first-order chi connectivity index (χ1) is 12.6. The molecule has 5 nitrogen and oxygen atoms in total. The van der Waals surface area contributed by atoms with Crippen molar-refractivity contribution in [2.75, 3.05) is 0 Å². The summed E-state index contributed by atoms with van der Waals surface area (Å²) in [5.74, 6) is 6.41. The molecule has 2 N–H and O–H groups in total. The first-order valence-corrected chi connectivity index (χ1v) is 9.53. The highest BCUT2D eigenvalue weighted by atomic mass is 32.2.